The molecule has 0 spiro atoms. The normalized spacial score (nSPS) is 14.7. The fourth-order valence-electron chi connectivity index (χ4n) is 3.85. The Morgan fingerprint density at radius 2 is 1.29 bits per heavy atom. The molecule has 0 amide bonds. The maximum atomic E-state index is 12.4. The molecule has 0 fully saturated rings. The van der Waals surface area contributed by atoms with Gasteiger partial charge >= 0.3 is 19.8 Å². The SMILES string of the molecule is CCC/C=C\C/C=C\CCCCCCCC(=O)OC(COC(=O)CCCCCCCC)COP(=O)(O)OCC(O)CO. The summed E-state index contributed by atoms with van der Waals surface area (Å²) in [6.45, 7) is 2.18. The van der Waals surface area contributed by atoms with Crippen molar-refractivity contribution in [3.63, 3.8) is 0 Å². The number of carbonyl (C=O) groups excluding carboxylic acids is 2. The summed E-state index contributed by atoms with van der Waals surface area (Å²) in [4.78, 5) is 34.4. The van der Waals surface area contributed by atoms with Crippen LogP contribution in [0.3, 0.4) is 0 Å². The summed E-state index contributed by atoms with van der Waals surface area (Å²) in [5, 5.41) is 18.1. The summed E-state index contributed by atoms with van der Waals surface area (Å²) < 4.78 is 32.2. The summed E-state index contributed by atoms with van der Waals surface area (Å²) in [6.07, 6.45) is 21.9. The number of allylic oxidation sites excluding steroid dienone is 4. The Morgan fingerprint density at radius 3 is 1.93 bits per heavy atom. The molecule has 42 heavy (non-hydrogen) atoms. The molecular formula is C31H57O10P. The van der Waals surface area contributed by atoms with Crippen molar-refractivity contribution in [2.45, 2.75) is 135 Å². The fraction of sp³-hybridized carbons (Fsp3) is 0.806. The minimum atomic E-state index is -4.60. The lowest BCUT2D eigenvalue weighted by molar-refractivity contribution is -0.161. The first-order valence-corrected chi connectivity index (χ1v) is 17.3. The molecule has 3 unspecified atom stereocenters. The van der Waals surface area contributed by atoms with Gasteiger partial charge in [0.25, 0.3) is 0 Å². The van der Waals surface area contributed by atoms with Crippen LogP contribution in [0.2, 0.25) is 0 Å². The molecule has 0 aromatic heterocycles. The zero-order valence-electron chi connectivity index (χ0n) is 26.0. The maximum Gasteiger partial charge on any atom is 0.472 e. The predicted octanol–water partition coefficient (Wildman–Crippen LogP) is 6.71. The first-order chi connectivity index (χ1) is 20.2. The van der Waals surface area contributed by atoms with Gasteiger partial charge in [0.1, 0.15) is 12.7 Å². The van der Waals surface area contributed by atoms with E-state index in [2.05, 4.69) is 42.7 Å². The number of aliphatic hydroxyl groups excluding tert-OH is 2. The molecule has 0 aliphatic rings. The van der Waals surface area contributed by atoms with Crippen molar-refractivity contribution < 1.29 is 47.8 Å². The van der Waals surface area contributed by atoms with Crippen LogP contribution >= 0.6 is 7.82 Å². The highest BCUT2D eigenvalue weighted by Crippen LogP contribution is 2.43. The lowest BCUT2D eigenvalue weighted by Gasteiger charge is -2.20. The van der Waals surface area contributed by atoms with E-state index in [9.17, 15) is 24.2 Å². The highest BCUT2D eigenvalue weighted by atomic mass is 31.2. The second-order valence-corrected chi connectivity index (χ2v) is 11.9. The molecule has 0 aliphatic heterocycles. The Morgan fingerprint density at radius 1 is 0.714 bits per heavy atom. The Kier molecular flexibility index (Phi) is 27.2. The van der Waals surface area contributed by atoms with Crippen LogP contribution in [0.25, 0.3) is 0 Å². The summed E-state index contributed by atoms with van der Waals surface area (Å²) in [7, 11) is -4.60. The van der Waals surface area contributed by atoms with Crippen molar-refractivity contribution in [2.24, 2.45) is 0 Å². The van der Waals surface area contributed by atoms with Crippen molar-refractivity contribution in [1.29, 1.82) is 0 Å². The topological polar surface area (TPSA) is 149 Å². The Labute approximate surface area is 253 Å². The highest BCUT2D eigenvalue weighted by Gasteiger charge is 2.27. The van der Waals surface area contributed by atoms with Crippen molar-refractivity contribution in [3.8, 4) is 0 Å². The van der Waals surface area contributed by atoms with E-state index in [4.69, 9.17) is 19.1 Å². The van der Waals surface area contributed by atoms with Crippen LogP contribution in [-0.2, 0) is 32.7 Å². The second-order valence-electron chi connectivity index (χ2n) is 10.5. The molecule has 0 saturated heterocycles. The minimum Gasteiger partial charge on any atom is -0.462 e. The van der Waals surface area contributed by atoms with Crippen LogP contribution in [0.5, 0.6) is 0 Å². The van der Waals surface area contributed by atoms with Gasteiger partial charge in [-0.3, -0.25) is 18.6 Å². The second kappa shape index (κ2) is 28.2. The van der Waals surface area contributed by atoms with E-state index in [0.29, 0.717) is 12.8 Å². The monoisotopic (exact) mass is 620 g/mol. The zero-order valence-corrected chi connectivity index (χ0v) is 26.9. The molecule has 0 aliphatic carbocycles. The van der Waals surface area contributed by atoms with E-state index >= 15 is 0 Å². The molecule has 0 aromatic rings. The van der Waals surface area contributed by atoms with Crippen molar-refractivity contribution in [1.82, 2.24) is 0 Å². The molecular weight excluding hydrogens is 563 g/mol. The Balaban J connectivity index is 4.46. The van der Waals surface area contributed by atoms with Crippen molar-refractivity contribution >= 4 is 19.8 Å². The standard InChI is InChI=1S/C31H57O10P/c1-3-5-7-9-11-12-13-14-15-16-17-19-21-23-31(35)41-29(27-40-42(36,37)39-25-28(33)24-32)26-38-30(34)22-20-18-10-8-6-4-2/h7,9,12-13,28-29,32-33H,3-6,8,10-11,14-27H2,1-2H3,(H,36,37)/b9-7-,13-12-. The van der Waals surface area contributed by atoms with E-state index in [-0.39, 0.29) is 19.4 Å². The number of rotatable bonds is 29. The van der Waals surface area contributed by atoms with E-state index in [1.165, 1.54) is 12.8 Å². The van der Waals surface area contributed by atoms with Gasteiger partial charge in [0.15, 0.2) is 6.10 Å². The third kappa shape index (κ3) is 27.3. The number of phosphoric acid groups is 1. The molecule has 3 atom stereocenters. The van der Waals surface area contributed by atoms with Crippen molar-refractivity contribution in [3.05, 3.63) is 24.3 Å². The molecule has 10 nitrogen and oxygen atoms in total. The number of carbonyl (C=O) groups is 2. The number of hydrogen-bond donors (Lipinski definition) is 3. The number of ether oxygens (including phenoxy) is 2. The first kappa shape index (κ1) is 40.5. The highest BCUT2D eigenvalue weighted by molar-refractivity contribution is 7.47. The van der Waals surface area contributed by atoms with E-state index in [1.54, 1.807) is 0 Å². The Bertz CT molecular complexity index is 771. The number of phosphoric ester groups is 1. The van der Waals surface area contributed by atoms with Gasteiger partial charge < -0.3 is 24.6 Å². The van der Waals surface area contributed by atoms with Gasteiger partial charge in [-0.2, -0.15) is 0 Å². The van der Waals surface area contributed by atoms with E-state index < -0.39 is 51.8 Å². The molecule has 3 N–H and O–H groups in total. The van der Waals surface area contributed by atoms with E-state index in [1.807, 2.05) is 0 Å². The van der Waals surface area contributed by atoms with Crippen LogP contribution in [0.1, 0.15) is 123 Å². The van der Waals surface area contributed by atoms with Crippen molar-refractivity contribution in [2.75, 3.05) is 26.4 Å². The average molecular weight is 621 g/mol. The molecule has 0 bridgehead atoms. The lowest BCUT2D eigenvalue weighted by atomic mass is 10.1. The average Bonchev–Trinajstić information content (AvgIpc) is 2.97. The number of aliphatic hydroxyl groups is 2. The zero-order chi connectivity index (χ0) is 31.3. The van der Waals surface area contributed by atoms with Gasteiger partial charge in [0, 0.05) is 12.8 Å². The van der Waals surface area contributed by atoms with Crippen LogP contribution in [0.15, 0.2) is 24.3 Å². The summed E-state index contributed by atoms with van der Waals surface area (Å²) in [5.41, 5.74) is 0. The molecule has 0 aromatic carbocycles. The van der Waals surface area contributed by atoms with Gasteiger partial charge in [-0.25, -0.2) is 4.57 Å². The minimum absolute atomic E-state index is 0.169. The smallest absolute Gasteiger partial charge is 0.462 e. The van der Waals surface area contributed by atoms with Gasteiger partial charge in [0.2, 0.25) is 0 Å². The molecule has 11 heteroatoms. The number of unbranched alkanes of at least 4 members (excludes halogenated alkanes) is 11. The van der Waals surface area contributed by atoms with E-state index in [0.717, 1.165) is 70.6 Å². The molecule has 0 radical (unpaired) electrons. The number of esters is 2. The van der Waals surface area contributed by atoms with Crippen LogP contribution in [-0.4, -0.2) is 65.7 Å². The molecule has 0 heterocycles. The van der Waals surface area contributed by atoms with Gasteiger partial charge in [-0.1, -0.05) is 95.9 Å². The van der Waals surface area contributed by atoms with Crippen LogP contribution in [0, 0.1) is 0 Å². The molecule has 0 saturated carbocycles. The summed E-state index contributed by atoms with van der Waals surface area (Å²) in [6, 6.07) is 0. The largest absolute Gasteiger partial charge is 0.472 e. The lowest BCUT2D eigenvalue weighted by Crippen LogP contribution is -2.29. The maximum absolute atomic E-state index is 12.4. The first-order valence-electron chi connectivity index (χ1n) is 15.8. The Hall–Kier alpha value is -1.55. The molecule has 246 valence electrons. The van der Waals surface area contributed by atoms with Gasteiger partial charge in [-0.05, 0) is 38.5 Å². The summed E-state index contributed by atoms with van der Waals surface area (Å²) >= 11 is 0. The number of hydrogen-bond acceptors (Lipinski definition) is 9. The third-order valence-corrected chi connectivity index (χ3v) is 7.29. The quantitative estimate of drug-likeness (QED) is 0.0356. The van der Waals surface area contributed by atoms with Crippen LogP contribution in [0.4, 0.5) is 0 Å². The fourth-order valence-corrected chi connectivity index (χ4v) is 4.64. The third-order valence-electron chi connectivity index (χ3n) is 6.34. The van der Waals surface area contributed by atoms with Crippen LogP contribution < -0.4 is 0 Å². The van der Waals surface area contributed by atoms with Gasteiger partial charge in [-0.15, -0.1) is 0 Å². The summed E-state index contributed by atoms with van der Waals surface area (Å²) in [5.74, 6) is -0.956. The molecule has 0 rings (SSSR count). The van der Waals surface area contributed by atoms with Gasteiger partial charge in [0.05, 0.1) is 19.8 Å². The predicted molar refractivity (Wildman–Crippen MR) is 164 cm³/mol.